The molecule has 0 spiro atoms. The molecule has 0 fully saturated rings. The van der Waals surface area contributed by atoms with Gasteiger partial charge in [0.1, 0.15) is 0 Å². The molecule has 0 radical (unpaired) electrons. The van der Waals surface area contributed by atoms with Gasteiger partial charge < -0.3 is 10.6 Å². The quantitative estimate of drug-likeness (QED) is 0.816. The molecule has 1 unspecified atom stereocenters. The molecule has 0 aliphatic carbocycles. The zero-order chi connectivity index (χ0) is 16.3. The summed E-state index contributed by atoms with van der Waals surface area (Å²) in [5.41, 5.74) is 2.22. The molecule has 2 rings (SSSR count). The fourth-order valence-electron chi connectivity index (χ4n) is 2.56. The molecule has 0 bridgehead atoms. The Morgan fingerprint density at radius 1 is 1.36 bits per heavy atom. The summed E-state index contributed by atoms with van der Waals surface area (Å²) >= 11 is 1.67. The van der Waals surface area contributed by atoms with Crippen molar-refractivity contribution in [3.8, 4) is 0 Å². The van der Waals surface area contributed by atoms with E-state index < -0.39 is 0 Å². The largest absolute Gasteiger partial charge is 0.369 e. The van der Waals surface area contributed by atoms with Crippen LogP contribution in [-0.4, -0.2) is 42.6 Å². The van der Waals surface area contributed by atoms with E-state index in [0.29, 0.717) is 17.7 Å². The topological polar surface area (TPSA) is 61.4 Å². The number of anilines is 2. The van der Waals surface area contributed by atoms with Crippen LogP contribution in [-0.2, 0) is 4.79 Å². The van der Waals surface area contributed by atoms with Crippen LogP contribution >= 0.6 is 11.8 Å². The van der Waals surface area contributed by atoms with Crippen LogP contribution in [0.5, 0.6) is 0 Å². The highest BCUT2D eigenvalue weighted by Crippen LogP contribution is 2.40. The summed E-state index contributed by atoms with van der Waals surface area (Å²) in [7, 11) is 4.05. The van der Waals surface area contributed by atoms with Crippen LogP contribution in [0.25, 0.3) is 0 Å². The zero-order valence-electron chi connectivity index (χ0n) is 13.5. The van der Waals surface area contributed by atoms with Gasteiger partial charge in [0.25, 0.3) is 0 Å². The Morgan fingerprint density at radius 3 is 2.64 bits per heavy atom. The number of carbonyl (C=O) groups is 2. The van der Waals surface area contributed by atoms with Gasteiger partial charge in [0, 0.05) is 29.7 Å². The molecule has 1 heterocycles. The first-order chi connectivity index (χ1) is 10.4. The van der Waals surface area contributed by atoms with Crippen molar-refractivity contribution in [2.24, 2.45) is 0 Å². The van der Waals surface area contributed by atoms with Crippen molar-refractivity contribution in [1.29, 1.82) is 0 Å². The minimum atomic E-state index is -0.161. The van der Waals surface area contributed by atoms with Crippen molar-refractivity contribution < 1.29 is 9.59 Å². The lowest BCUT2D eigenvalue weighted by Crippen LogP contribution is -2.35. The molecule has 1 aliphatic heterocycles. The van der Waals surface area contributed by atoms with Gasteiger partial charge in [0.2, 0.25) is 5.91 Å². The smallest absolute Gasteiger partial charge is 0.221 e. The van der Waals surface area contributed by atoms with Gasteiger partial charge in [-0.2, -0.15) is 0 Å². The summed E-state index contributed by atoms with van der Waals surface area (Å²) in [5, 5.41) is 6.27. The van der Waals surface area contributed by atoms with Crippen LogP contribution in [0, 0.1) is 0 Å². The van der Waals surface area contributed by atoms with Crippen molar-refractivity contribution in [3.63, 3.8) is 0 Å². The number of nitrogens with one attached hydrogen (secondary N) is 2. The fourth-order valence-corrected chi connectivity index (χ4v) is 3.71. The van der Waals surface area contributed by atoms with Gasteiger partial charge in [-0.25, -0.2) is 0 Å². The molecule has 0 aromatic heterocycles. The normalized spacial score (nSPS) is 15.4. The van der Waals surface area contributed by atoms with Crippen LogP contribution in [0.4, 0.5) is 11.4 Å². The second-order valence-electron chi connectivity index (χ2n) is 5.60. The minimum Gasteiger partial charge on any atom is -0.369 e. The van der Waals surface area contributed by atoms with Crippen LogP contribution < -0.4 is 10.6 Å². The number of ketones is 1. The van der Waals surface area contributed by atoms with E-state index in [1.54, 1.807) is 11.8 Å². The molecule has 1 atom stereocenters. The molecular formula is C16H23N3O2S. The molecule has 22 heavy (non-hydrogen) atoms. The number of nitrogens with zero attached hydrogens (tertiary/aromatic N) is 1. The Balaban J connectivity index is 2.42. The van der Waals surface area contributed by atoms with Crippen LogP contribution in [0.15, 0.2) is 17.0 Å². The molecule has 6 heteroatoms. The number of amides is 1. The Kier molecular flexibility index (Phi) is 5.47. The van der Waals surface area contributed by atoms with Crippen molar-refractivity contribution in [1.82, 2.24) is 4.90 Å². The highest BCUT2D eigenvalue weighted by Gasteiger charge is 2.25. The molecular weight excluding hydrogens is 298 g/mol. The maximum Gasteiger partial charge on any atom is 0.221 e. The van der Waals surface area contributed by atoms with Crippen molar-refractivity contribution in [3.05, 3.63) is 17.7 Å². The van der Waals surface area contributed by atoms with E-state index >= 15 is 0 Å². The summed E-state index contributed by atoms with van der Waals surface area (Å²) in [6, 6.07) is 3.76. The summed E-state index contributed by atoms with van der Waals surface area (Å²) < 4.78 is 0. The SMILES string of the molecule is CCC(Nc1ccc(NC(C)=O)c2c1SCCC2=O)N(C)C. The molecule has 1 aromatic carbocycles. The average Bonchev–Trinajstić information content (AvgIpc) is 2.45. The van der Waals surface area contributed by atoms with Crippen molar-refractivity contribution in [2.75, 3.05) is 30.5 Å². The number of Topliss-reactive ketones (excluding diaryl/α,β-unsaturated/α-hetero) is 1. The van der Waals surface area contributed by atoms with Crippen LogP contribution in [0.2, 0.25) is 0 Å². The second-order valence-corrected chi connectivity index (χ2v) is 6.70. The van der Waals surface area contributed by atoms with Gasteiger partial charge in [-0.3, -0.25) is 14.5 Å². The van der Waals surface area contributed by atoms with E-state index in [2.05, 4.69) is 22.5 Å². The Bertz CT molecular complexity index is 587. The van der Waals surface area contributed by atoms with E-state index in [9.17, 15) is 9.59 Å². The first-order valence-corrected chi connectivity index (χ1v) is 8.46. The predicted molar refractivity (Wildman–Crippen MR) is 91.8 cm³/mol. The number of hydrogen-bond acceptors (Lipinski definition) is 5. The third kappa shape index (κ3) is 3.62. The van der Waals surface area contributed by atoms with Crippen molar-refractivity contribution >= 4 is 34.8 Å². The van der Waals surface area contributed by atoms with E-state index in [1.807, 2.05) is 26.2 Å². The summed E-state index contributed by atoms with van der Waals surface area (Å²) in [6.45, 7) is 3.58. The van der Waals surface area contributed by atoms with Gasteiger partial charge >= 0.3 is 0 Å². The van der Waals surface area contributed by atoms with E-state index in [0.717, 1.165) is 22.8 Å². The monoisotopic (exact) mass is 321 g/mol. The maximum absolute atomic E-state index is 12.3. The van der Waals surface area contributed by atoms with Crippen LogP contribution in [0.3, 0.4) is 0 Å². The van der Waals surface area contributed by atoms with E-state index in [-0.39, 0.29) is 17.9 Å². The predicted octanol–water partition coefficient (Wildman–Crippen LogP) is 3.03. The lowest BCUT2D eigenvalue weighted by molar-refractivity contribution is -0.114. The number of hydrogen-bond donors (Lipinski definition) is 2. The Hall–Kier alpha value is -1.53. The van der Waals surface area contributed by atoms with Gasteiger partial charge in [-0.15, -0.1) is 11.8 Å². The van der Waals surface area contributed by atoms with Gasteiger partial charge in [-0.1, -0.05) is 6.92 Å². The molecule has 1 aliphatic rings. The third-order valence-corrected chi connectivity index (χ3v) is 4.78. The number of fused-ring (bicyclic) bond motifs is 1. The molecule has 2 N–H and O–H groups in total. The lowest BCUT2D eigenvalue weighted by atomic mass is 10.0. The third-order valence-electron chi connectivity index (χ3n) is 3.65. The average molecular weight is 321 g/mol. The molecule has 1 aromatic rings. The highest BCUT2D eigenvalue weighted by molar-refractivity contribution is 7.99. The Morgan fingerprint density at radius 2 is 2.05 bits per heavy atom. The highest BCUT2D eigenvalue weighted by atomic mass is 32.2. The molecule has 5 nitrogen and oxygen atoms in total. The fraction of sp³-hybridized carbons (Fsp3) is 0.500. The number of rotatable bonds is 5. The first kappa shape index (κ1) is 16.8. The minimum absolute atomic E-state index is 0.0963. The summed E-state index contributed by atoms with van der Waals surface area (Å²) in [4.78, 5) is 26.7. The first-order valence-electron chi connectivity index (χ1n) is 7.47. The molecule has 120 valence electrons. The zero-order valence-corrected chi connectivity index (χ0v) is 14.3. The lowest BCUT2D eigenvalue weighted by Gasteiger charge is -2.28. The van der Waals surface area contributed by atoms with E-state index in [1.165, 1.54) is 6.92 Å². The molecule has 1 amide bonds. The number of benzene rings is 1. The standard InChI is InChI=1S/C16H23N3O2S/c1-5-14(19(3)4)18-12-7-6-11(17-10(2)20)15-13(21)8-9-22-16(12)15/h6-7,14,18H,5,8-9H2,1-4H3,(H,17,20). The molecule has 0 saturated carbocycles. The van der Waals surface area contributed by atoms with E-state index in [4.69, 9.17) is 0 Å². The molecule has 0 saturated heterocycles. The van der Waals surface area contributed by atoms with Gasteiger partial charge in [-0.05, 0) is 32.6 Å². The summed E-state index contributed by atoms with van der Waals surface area (Å²) in [5.74, 6) is 0.716. The van der Waals surface area contributed by atoms with Crippen molar-refractivity contribution in [2.45, 2.75) is 37.8 Å². The maximum atomic E-state index is 12.3. The summed E-state index contributed by atoms with van der Waals surface area (Å²) in [6.07, 6.45) is 1.67. The number of thioether (sulfide) groups is 1. The van der Waals surface area contributed by atoms with Crippen LogP contribution in [0.1, 0.15) is 37.0 Å². The number of carbonyl (C=O) groups excluding carboxylic acids is 2. The van der Waals surface area contributed by atoms with Gasteiger partial charge in [0.05, 0.1) is 17.4 Å². The van der Waals surface area contributed by atoms with Gasteiger partial charge in [0.15, 0.2) is 5.78 Å². The second kappa shape index (κ2) is 7.15. The Labute approximate surface area is 135 Å².